The first-order chi connectivity index (χ1) is 8.34. The van der Waals surface area contributed by atoms with Crippen molar-refractivity contribution >= 4 is 22.4 Å². The molecule has 3 aromatic rings. The Morgan fingerprint density at radius 2 is 1.94 bits per heavy atom. The molecule has 2 N–H and O–H groups in total. The van der Waals surface area contributed by atoms with Crippen molar-refractivity contribution in [2.24, 2.45) is 0 Å². The maximum absolute atomic E-state index is 4.36. The second-order valence-electron chi connectivity index (χ2n) is 3.88. The van der Waals surface area contributed by atoms with E-state index in [1.54, 1.807) is 6.20 Å². The first kappa shape index (κ1) is 9.84. The van der Waals surface area contributed by atoms with Gasteiger partial charge in [0.25, 0.3) is 0 Å². The maximum atomic E-state index is 4.36. The molecule has 0 amide bonds. The van der Waals surface area contributed by atoms with Gasteiger partial charge >= 0.3 is 0 Å². The normalized spacial score (nSPS) is 10.6. The molecule has 0 atom stereocenters. The number of para-hydroxylation sites is 1. The summed E-state index contributed by atoms with van der Waals surface area (Å²) in [6, 6.07) is 11.9. The fraction of sp³-hybridized carbons (Fsp3) is 0.0769. The molecule has 84 valence electrons. The lowest BCUT2D eigenvalue weighted by molar-refractivity contribution is 1.07. The lowest BCUT2D eigenvalue weighted by Crippen LogP contribution is -1.93. The SMILES string of the molecule is Cc1n[nH]c2ccnc(Nc3ccccc3)c12. The number of pyridine rings is 1. The number of rotatable bonds is 2. The molecule has 0 unspecified atom stereocenters. The van der Waals surface area contributed by atoms with Crippen LogP contribution < -0.4 is 5.32 Å². The number of fused-ring (bicyclic) bond motifs is 1. The van der Waals surface area contributed by atoms with Gasteiger partial charge in [-0.05, 0) is 25.1 Å². The van der Waals surface area contributed by atoms with Gasteiger partial charge in [0.05, 0.1) is 16.6 Å². The third-order valence-corrected chi connectivity index (χ3v) is 2.69. The van der Waals surface area contributed by atoms with E-state index >= 15 is 0 Å². The molecule has 0 aliphatic rings. The van der Waals surface area contributed by atoms with Crippen LogP contribution in [0.4, 0.5) is 11.5 Å². The number of anilines is 2. The number of aryl methyl sites for hydroxylation is 1. The van der Waals surface area contributed by atoms with Gasteiger partial charge in [0.2, 0.25) is 0 Å². The van der Waals surface area contributed by atoms with E-state index in [1.165, 1.54) is 0 Å². The molecule has 17 heavy (non-hydrogen) atoms. The number of aromatic amines is 1. The fourth-order valence-corrected chi connectivity index (χ4v) is 1.87. The number of aromatic nitrogens is 3. The minimum Gasteiger partial charge on any atom is -0.340 e. The van der Waals surface area contributed by atoms with E-state index in [0.717, 1.165) is 28.1 Å². The van der Waals surface area contributed by atoms with Gasteiger partial charge < -0.3 is 5.32 Å². The second-order valence-corrected chi connectivity index (χ2v) is 3.88. The summed E-state index contributed by atoms with van der Waals surface area (Å²) in [5.74, 6) is 0.833. The van der Waals surface area contributed by atoms with E-state index in [1.807, 2.05) is 43.3 Å². The number of nitrogens with zero attached hydrogens (tertiary/aromatic N) is 2. The molecule has 0 aliphatic heterocycles. The number of H-pyrrole nitrogens is 1. The number of hydrogen-bond acceptors (Lipinski definition) is 3. The Kier molecular flexibility index (Phi) is 2.26. The smallest absolute Gasteiger partial charge is 0.141 e. The van der Waals surface area contributed by atoms with Crippen LogP contribution in [0, 0.1) is 6.92 Å². The molecular formula is C13H12N4. The Labute approximate surface area is 98.7 Å². The van der Waals surface area contributed by atoms with Gasteiger partial charge in [-0.2, -0.15) is 5.10 Å². The van der Waals surface area contributed by atoms with Crippen LogP contribution in [-0.2, 0) is 0 Å². The van der Waals surface area contributed by atoms with E-state index in [2.05, 4.69) is 20.5 Å². The number of nitrogens with one attached hydrogen (secondary N) is 2. The second kappa shape index (κ2) is 3.90. The van der Waals surface area contributed by atoms with E-state index in [-0.39, 0.29) is 0 Å². The largest absolute Gasteiger partial charge is 0.340 e. The monoisotopic (exact) mass is 224 g/mol. The molecule has 4 nitrogen and oxygen atoms in total. The highest BCUT2D eigenvalue weighted by atomic mass is 15.1. The molecule has 0 aliphatic carbocycles. The van der Waals surface area contributed by atoms with Crippen molar-refractivity contribution in [2.75, 3.05) is 5.32 Å². The van der Waals surface area contributed by atoms with Crippen LogP contribution in [0.25, 0.3) is 10.9 Å². The summed E-state index contributed by atoms with van der Waals surface area (Å²) in [5, 5.41) is 11.5. The first-order valence-electron chi connectivity index (χ1n) is 5.46. The van der Waals surface area contributed by atoms with Crippen molar-refractivity contribution in [1.82, 2.24) is 15.2 Å². The van der Waals surface area contributed by atoms with Gasteiger partial charge in [0.1, 0.15) is 5.82 Å². The Balaban J connectivity index is 2.09. The number of hydrogen-bond donors (Lipinski definition) is 2. The molecule has 1 aromatic carbocycles. The molecule has 2 heterocycles. The highest BCUT2D eigenvalue weighted by Gasteiger charge is 2.07. The standard InChI is InChI=1S/C13H12N4/c1-9-12-11(17-16-9)7-8-14-13(12)15-10-5-3-2-4-6-10/h2-8H,1H3,(H,14,15)(H,16,17). The predicted octanol–water partition coefficient (Wildman–Crippen LogP) is 3.01. The fourth-order valence-electron chi connectivity index (χ4n) is 1.87. The molecule has 0 saturated carbocycles. The molecule has 0 radical (unpaired) electrons. The summed E-state index contributed by atoms with van der Waals surface area (Å²) < 4.78 is 0. The van der Waals surface area contributed by atoms with Crippen LogP contribution in [0.3, 0.4) is 0 Å². The van der Waals surface area contributed by atoms with Crippen LogP contribution >= 0.6 is 0 Å². The van der Waals surface area contributed by atoms with E-state index in [4.69, 9.17) is 0 Å². The average Bonchev–Trinajstić information content (AvgIpc) is 2.74. The molecule has 0 spiro atoms. The number of benzene rings is 1. The first-order valence-corrected chi connectivity index (χ1v) is 5.46. The van der Waals surface area contributed by atoms with Crippen LogP contribution in [0.2, 0.25) is 0 Å². The molecular weight excluding hydrogens is 212 g/mol. The Bertz CT molecular complexity index is 643. The van der Waals surface area contributed by atoms with Crippen molar-refractivity contribution in [1.29, 1.82) is 0 Å². The molecule has 0 saturated heterocycles. The van der Waals surface area contributed by atoms with Crippen molar-refractivity contribution in [3.8, 4) is 0 Å². The van der Waals surface area contributed by atoms with Gasteiger partial charge in [0, 0.05) is 11.9 Å². The maximum Gasteiger partial charge on any atom is 0.141 e. The lowest BCUT2D eigenvalue weighted by Gasteiger charge is -2.06. The van der Waals surface area contributed by atoms with Crippen molar-refractivity contribution in [2.45, 2.75) is 6.92 Å². The van der Waals surface area contributed by atoms with Crippen molar-refractivity contribution in [3.63, 3.8) is 0 Å². The summed E-state index contributed by atoms with van der Waals surface area (Å²) in [7, 11) is 0. The highest BCUT2D eigenvalue weighted by molar-refractivity contribution is 5.92. The van der Waals surface area contributed by atoms with Gasteiger partial charge in [-0.3, -0.25) is 5.10 Å². The topological polar surface area (TPSA) is 53.6 Å². The van der Waals surface area contributed by atoms with Crippen LogP contribution in [0.5, 0.6) is 0 Å². The summed E-state index contributed by atoms with van der Waals surface area (Å²) in [4.78, 5) is 4.36. The van der Waals surface area contributed by atoms with E-state index in [9.17, 15) is 0 Å². The van der Waals surface area contributed by atoms with Gasteiger partial charge in [0.15, 0.2) is 0 Å². The predicted molar refractivity (Wildman–Crippen MR) is 68.4 cm³/mol. The minimum absolute atomic E-state index is 0.833. The third kappa shape index (κ3) is 1.73. The summed E-state index contributed by atoms with van der Waals surface area (Å²) in [6.07, 6.45) is 1.77. The van der Waals surface area contributed by atoms with Gasteiger partial charge in [-0.1, -0.05) is 18.2 Å². The van der Waals surface area contributed by atoms with Crippen molar-refractivity contribution in [3.05, 3.63) is 48.3 Å². The highest BCUT2D eigenvalue weighted by Crippen LogP contribution is 2.24. The average molecular weight is 224 g/mol. The molecule has 3 rings (SSSR count). The van der Waals surface area contributed by atoms with Gasteiger partial charge in [-0.25, -0.2) is 4.98 Å². The van der Waals surface area contributed by atoms with E-state index < -0.39 is 0 Å². The zero-order valence-corrected chi connectivity index (χ0v) is 9.44. The van der Waals surface area contributed by atoms with Gasteiger partial charge in [-0.15, -0.1) is 0 Å². The quantitative estimate of drug-likeness (QED) is 0.703. The molecule has 0 fully saturated rings. The molecule has 2 aromatic heterocycles. The molecule has 0 bridgehead atoms. The van der Waals surface area contributed by atoms with Crippen molar-refractivity contribution < 1.29 is 0 Å². The van der Waals surface area contributed by atoms with E-state index in [0.29, 0.717) is 0 Å². The summed E-state index contributed by atoms with van der Waals surface area (Å²) in [5.41, 5.74) is 2.97. The summed E-state index contributed by atoms with van der Waals surface area (Å²) in [6.45, 7) is 1.97. The van der Waals surface area contributed by atoms with Crippen LogP contribution in [0.1, 0.15) is 5.69 Å². The third-order valence-electron chi connectivity index (χ3n) is 2.69. The van der Waals surface area contributed by atoms with Crippen LogP contribution in [-0.4, -0.2) is 15.2 Å². The Hall–Kier alpha value is -2.36. The Morgan fingerprint density at radius 1 is 1.12 bits per heavy atom. The Morgan fingerprint density at radius 3 is 2.76 bits per heavy atom. The summed E-state index contributed by atoms with van der Waals surface area (Å²) >= 11 is 0. The molecule has 4 heteroatoms. The van der Waals surface area contributed by atoms with Crippen LogP contribution in [0.15, 0.2) is 42.6 Å². The lowest BCUT2D eigenvalue weighted by atomic mass is 10.2. The zero-order chi connectivity index (χ0) is 11.7. The minimum atomic E-state index is 0.833. The zero-order valence-electron chi connectivity index (χ0n) is 9.44.